The van der Waals surface area contributed by atoms with Gasteiger partial charge in [-0.15, -0.1) is 0 Å². The van der Waals surface area contributed by atoms with Gasteiger partial charge in [-0.3, -0.25) is 14.4 Å². The number of rotatable bonds is 6. The third-order valence-corrected chi connectivity index (χ3v) is 6.82. The molecule has 11 nitrogen and oxygen atoms in total. The van der Waals surface area contributed by atoms with E-state index in [2.05, 4.69) is 20.4 Å². The predicted molar refractivity (Wildman–Crippen MR) is 137 cm³/mol. The molecule has 1 fully saturated rings. The number of amides is 3. The van der Waals surface area contributed by atoms with Crippen molar-refractivity contribution in [1.29, 1.82) is 0 Å². The van der Waals surface area contributed by atoms with Crippen LogP contribution in [0.2, 0.25) is 0 Å². The Bertz CT molecular complexity index is 1350. The lowest BCUT2D eigenvalue weighted by atomic mass is 9.98. The maximum atomic E-state index is 13.5. The highest BCUT2D eigenvalue weighted by molar-refractivity contribution is 6.13. The van der Waals surface area contributed by atoms with Crippen LogP contribution in [0.1, 0.15) is 51.9 Å². The van der Waals surface area contributed by atoms with Crippen LogP contribution < -0.4 is 11.1 Å². The zero-order chi connectivity index (χ0) is 26.1. The van der Waals surface area contributed by atoms with Crippen molar-refractivity contribution >= 4 is 40.8 Å². The number of carbonyl (C=O) groups is 3. The molecule has 4 rings (SSSR count). The van der Waals surface area contributed by atoms with Gasteiger partial charge in [0.1, 0.15) is 11.6 Å². The molecule has 0 bridgehead atoms. The molecule has 1 aliphatic heterocycles. The number of nitrogen functional groups attached to an aromatic ring is 1. The summed E-state index contributed by atoms with van der Waals surface area (Å²) in [5.74, 6) is 0.237. The number of aromatic nitrogens is 4. The van der Waals surface area contributed by atoms with E-state index in [9.17, 15) is 14.4 Å². The number of nitrogens with two attached hydrogens (primary N) is 1. The summed E-state index contributed by atoms with van der Waals surface area (Å²) in [5, 5.41) is 7.98. The molecule has 0 aliphatic carbocycles. The van der Waals surface area contributed by atoms with Crippen molar-refractivity contribution in [3.05, 3.63) is 40.3 Å². The van der Waals surface area contributed by atoms with Gasteiger partial charge in [0.2, 0.25) is 12.3 Å². The first kappa shape index (κ1) is 25.1. The van der Waals surface area contributed by atoms with Crippen LogP contribution in [0.15, 0.2) is 12.1 Å². The summed E-state index contributed by atoms with van der Waals surface area (Å²) in [4.78, 5) is 49.1. The lowest BCUT2D eigenvalue weighted by Crippen LogP contribution is -2.36. The van der Waals surface area contributed by atoms with E-state index in [0.29, 0.717) is 35.6 Å². The van der Waals surface area contributed by atoms with E-state index in [1.54, 1.807) is 41.6 Å². The van der Waals surface area contributed by atoms with Gasteiger partial charge in [0.05, 0.1) is 17.8 Å². The molecule has 3 amide bonds. The minimum absolute atomic E-state index is 0.00733. The predicted octanol–water partition coefficient (Wildman–Crippen LogP) is 2.01. The van der Waals surface area contributed by atoms with Crippen molar-refractivity contribution in [2.24, 2.45) is 0 Å². The van der Waals surface area contributed by atoms with Crippen molar-refractivity contribution in [2.75, 3.05) is 38.2 Å². The third kappa shape index (κ3) is 4.73. The zero-order valence-electron chi connectivity index (χ0n) is 21.3. The third-order valence-electron chi connectivity index (χ3n) is 6.82. The second-order valence-electron chi connectivity index (χ2n) is 9.49. The summed E-state index contributed by atoms with van der Waals surface area (Å²) < 4.78 is 1.71. The van der Waals surface area contributed by atoms with Gasteiger partial charge < -0.3 is 20.9 Å². The standard InChI is InChI=1S/C25H32N8O3/c1-14-15(2)19(9-8-17(14)11-20(35)31(4)5)29-25(36)22-21-23(26)27-16(3)28-24(21)33(30-22)18-7-6-10-32(12-18)13-34/h8-9,13,18H,6-7,10-12H2,1-5H3,(H,29,36)(H2,26,27,28). The number of likely N-dealkylation sites (N-methyl/N-ethyl adjacent to an activating group) is 1. The lowest BCUT2D eigenvalue weighted by molar-refractivity contribution is -0.128. The Morgan fingerprint density at radius 2 is 1.94 bits per heavy atom. The van der Waals surface area contributed by atoms with Gasteiger partial charge in [0.25, 0.3) is 5.91 Å². The SMILES string of the molecule is Cc1nc(N)c2c(C(=O)Nc3ccc(CC(=O)N(C)C)c(C)c3C)nn(C3CCCN(C=O)C3)c2n1. The van der Waals surface area contributed by atoms with Gasteiger partial charge in [-0.25, -0.2) is 14.6 Å². The van der Waals surface area contributed by atoms with Crippen LogP contribution in [-0.2, 0) is 16.0 Å². The highest BCUT2D eigenvalue weighted by atomic mass is 16.2. The number of nitrogens with zero attached hydrogens (tertiary/aromatic N) is 6. The summed E-state index contributed by atoms with van der Waals surface area (Å²) in [5.41, 5.74) is 10.2. The maximum Gasteiger partial charge on any atom is 0.277 e. The van der Waals surface area contributed by atoms with Crippen molar-refractivity contribution in [3.8, 4) is 0 Å². The van der Waals surface area contributed by atoms with Gasteiger partial charge in [-0.1, -0.05) is 6.07 Å². The van der Waals surface area contributed by atoms with Crippen LogP contribution in [0.5, 0.6) is 0 Å². The first-order valence-corrected chi connectivity index (χ1v) is 11.9. The number of likely N-dealkylation sites (tertiary alicyclic amines) is 1. The summed E-state index contributed by atoms with van der Waals surface area (Å²) in [7, 11) is 3.45. The molecule has 1 saturated heterocycles. The largest absolute Gasteiger partial charge is 0.383 e. The van der Waals surface area contributed by atoms with Crippen molar-refractivity contribution < 1.29 is 14.4 Å². The number of fused-ring (bicyclic) bond motifs is 1. The molecule has 1 unspecified atom stereocenters. The molecule has 1 aliphatic rings. The molecule has 3 N–H and O–H groups in total. The van der Waals surface area contributed by atoms with Gasteiger partial charge in [0.15, 0.2) is 11.3 Å². The molecule has 1 atom stereocenters. The molecule has 36 heavy (non-hydrogen) atoms. The Balaban J connectivity index is 1.69. The molecule has 11 heteroatoms. The van der Waals surface area contributed by atoms with Gasteiger partial charge in [0, 0.05) is 32.9 Å². The lowest BCUT2D eigenvalue weighted by Gasteiger charge is -2.30. The van der Waals surface area contributed by atoms with E-state index >= 15 is 0 Å². The van der Waals surface area contributed by atoms with E-state index in [-0.39, 0.29) is 29.9 Å². The van der Waals surface area contributed by atoms with Crippen LogP contribution in [0.4, 0.5) is 11.5 Å². The zero-order valence-corrected chi connectivity index (χ0v) is 21.3. The van der Waals surface area contributed by atoms with Crippen molar-refractivity contribution in [2.45, 2.75) is 46.1 Å². The molecule has 0 radical (unpaired) electrons. The minimum atomic E-state index is -0.430. The topological polar surface area (TPSA) is 139 Å². The molecular formula is C25H32N8O3. The quantitative estimate of drug-likeness (QED) is 0.502. The summed E-state index contributed by atoms with van der Waals surface area (Å²) in [6.07, 6.45) is 2.75. The fraction of sp³-hybridized carbons (Fsp3) is 0.440. The van der Waals surface area contributed by atoms with Crippen LogP contribution in [0, 0.1) is 20.8 Å². The molecule has 2 aromatic heterocycles. The van der Waals surface area contributed by atoms with Crippen molar-refractivity contribution in [1.82, 2.24) is 29.5 Å². The smallest absolute Gasteiger partial charge is 0.277 e. The number of piperidine rings is 1. The van der Waals surface area contributed by atoms with E-state index in [1.807, 2.05) is 19.9 Å². The number of carbonyl (C=O) groups excluding carboxylic acids is 3. The number of hydrogen-bond donors (Lipinski definition) is 2. The molecule has 190 valence electrons. The molecular weight excluding hydrogens is 460 g/mol. The van der Waals surface area contributed by atoms with E-state index in [1.165, 1.54) is 0 Å². The number of aryl methyl sites for hydroxylation is 1. The molecule has 3 aromatic rings. The van der Waals surface area contributed by atoms with Crippen LogP contribution >= 0.6 is 0 Å². The summed E-state index contributed by atoms with van der Waals surface area (Å²) >= 11 is 0. The second kappa shape index (κ2) is 9.92. The van der Waals surface area contributed by atoms with E-state index in [4.69, 9.17) is 5.73 Å². The van der Waals surface area contributed by atoms with Crippen molar-refractivity contribution in [3.63, 3.8) is 0 Å². The molecule has 0 saturated carbocycles. The first-order chi connectivity index (χ1) is 17.1. The fourth-order valence-electron chi connectivity index (χ4n) is 4.58. The van der Waals surface area contributed by atoms with Gasteiger partial charge >= 0.3 is 0 Å². The normalized spacial score (nSPS) is 15.7. The van der Waals surface area contributed by atoms with E-state index in [0.717, 1.165) is 35.9 Å². The Morgan fingerprint density at radius 1 is 1.19 bits per heavy atom. The fourth-order valence-corrected chi connectivity index (χ4v) is 4.58. The summed E-state index contributed by atoms with van der Waals surface area (Å²) in [6.45, 7) is 6.75. The molecule has 1 aromatic carbocycles. The number of hydrogen-bond acceptors (Lipinski definition) is 7. The average Bonchev–Trinajstić information content (AvgIpc) is 3.23. The second-order valence-corrected chi connectivity index (χ2v) is 9.49. The molecule has 3 heterocycles. The number of benzene rings is 1. The van der Waals surface area contributed by atoms with Gasteiger partial charge in [-0.05, 0) is 56.4 Å². The van der Waals surface area contributed by atoms with Crippen LogP contribution in [0.25, 0.3) is 11.0 Å². The Labute approximate surface area is 209 Å². The van der Waals surface area contributed by atoms with Crippen LogP contribution in [-0.4, -0.2) is 75.0 Å². The number of anilines is 2. The Hall–Kier alpha value is -4.02. The maximum absolute atomic E-state index is 13.5. The Morgan fingerprint density at radius 3 is 2.64 bits per heavy atom. The van der Waals surface area contributed by atoms with E-state index < -0.39 is 5.91 Å². The monoisotopic (exact) mass is 492 g/mol. The average molecular weight is 493 g/mol. The summed E-state index contributed by atoms with van der Waals surface area (Å²) in [6, 6.07) is 3.52. The highest BCUT2D eigenvalue weighted by Crippen LogP contribution is 2.30. The molecule has 0 spiro atoms. The number of nitrogens with one attached hydrogen (secondary N) is 1. The highest BCUT2D eigenvalue weighted by Gasteiger charge is 2.28. The Kier molecular flexibility index (Phi) is 6.91. The first-order valence-electron chi connectivity index (χ1n) is 11.9. The minimum Gasteiger partial charge on any atom is -0.383 e. The van der Waals surface area contributed by atoms with Gasteiger partial charge in [-0.2, -0.15) is 5.10 Å². The van der Waals surface area contributed by atoms with Crippen LogP contribution in [0.3, 0.4) is 0 Å².